The van der Waals surface area contributed by atoms with E-state index in [-0.39, 0.29) is 0 Å². The van der Waals surface area contributed by atoms with Crippen molar-refractivity contribution in [2.75, 3.05) is 6.54 Å². The van der Waals surface area contributed by atoms with Gasteiger partial charge in [-0.25, -0.2) is 0 Å². The fraction of sp³-hybridized carbons (Fsp3) is 0.909. The van der Waals surface area contributed by atoms with Gasteiger partial charge in [0, 0.05) is 6.54 Å². The number of rotatable bonds is 6. The van der Waals surface area contributed by atoms with Gasteiger partial charge in [-0.3, -0.25) is 4.79 Å². The van der Waals surface area contributed by atoms with Crippen molar-refractivity contribution in [2.24, 2.45) is 23.0 Å². The van der Waals surface area contributed by atoms with Gasteiger partial charge >= 0.3 is 5.97 Å². The van der Waals surface area contributed by atoms with Crippen LogP contribution < -0.4 is 5.73 Å². The van der Waals surface area contributed by atoms with Crippen molar-refractivity contribution in [2.45, 2.75) is 38.5 Å². The summed E-state index contributed by atoms with van der Waals surface area (Å²) in [7, 11) is 0. The number of aliphatic carboxylic acids is 1. The summed E-state index contributed by atoms with van der Waals surface area (Å²) in [6, 6.07) is 0. The Hall–Kier alpha value is -0.570. The van der Waals surface area contributed by atoms with Gasteiger partial charge in [0.1, 0.15) is 0 Å². The van der Waals surface area contributed by atoms with E-state index in [1.165, 1.54) is 25.7 Å². The Balaban J connectivity index is 2.01. The molecule has 0 bridgehead atoms. The van der Waals surface area contributed by atoms with Crippen LogP contribution in [-0.2, 0) is 4.79 Å². The van der Waals surface area contributed by atoms with E-state index in [9.17, 15) is 9.90 Å². The molecule has 0 heterocycles. The zero-order chi connectivity index (χ0) is 10.2. The minimum absolute atomic E-state index is 0.315. The van der Waals surface area contributed by atoms with Gasteiger partial charge in [-0.15, -0.1) is 0 Å². The minimum atomic E-state index is -0.668. The molecule has 2 fully saturated rings. The molecule has 0 aromatic rings. The van der Waals surface area contributed by atoms with E-state index in [1.54, 1.807) is 0 Å². The molecular weight excluding hydrogens is 178 g/mol. The molecule has 2 aliphatic carbocycles. The molecule has 0 amide bonds. The van der Waals surface area contributed by atoms with Crippen LogP contribution in [0.4, 0.5) is 0 Å². The maximum Gasteiger partial charge on any atom is 0.310 e. The van der Waals surface area contributed by atoms with Crippen molar-refractivity contribution in [3.8, 4) is 0 Å². The molecule has 2 aliphatic rings. The second-order valence-electron chi connectivity index (χ2n) is 5.08. The lowest BCUT2D eigenvalue weighted by Gasteiger charge is -2.27. The van der Waals surface area contributed by atoms with Crippen molar-refractivity contribution in [3.63, 3.8) is 0 Å². The summed E-state index contributed by atoms with van der Waals surface area (Å²) in [5.41, 5.74) is 5.09. The SMILES string of the molecule is NCC(CC1CC1)(CC1CC1)C(=O)O. The third kappa shape index (κ3) is 2.08. The van der Waals surface area contributed by atoms with Gasteiger partial charge < -0.3 is 10.8 Å². The average molecular weight is 197 g/mol. The van der Waals surface area contributed by atoms with E-state index in [0.717, 1.165) is 12.8 Å². The Morgan fingerprint density at radius 3 is 1.86 bits per heavy atom. The molecule has 2 rings (SSSR count). The molecule has 0 saturated heterocycles. The Morgan fingerprint density at radius 2 is 1.64 bits per heavy atom. The number of hydrogen-bond donors (Lipinski definition) is 2. The van der Waals surface area contributed by atoms with E-state index >= 15 is 0 Å². The molecule has 0 aromatic heterocycles. The van der Waals surface area contributed by atoms with Gasteiger partial charge in [0.2, 0.25) is 0 Å². The highest BCUT2D eigenvalue weighted by molar-refractivity contribution is 5.75. The summed E-state index contributed by atoms with van der Waals surface area (Å²) in [4.78, 5) is 11.3. The van der Waals surface area contributed by atoms with Gasteiger partial charge in [0.15, 0.2) is 0 Å². The first-order chi connectivity index (χ1) is 6.66. The number of nitrogens with two attached hydrogens (primary N) is 1. The average Bonchev–Trinajstić information content (AvgIpc) is 2.97. The van der Waals surface area contributed by atoms with Gasteiger partial charge in [0.25, 0.3) is 0 Å². The predicted molar refractivity (Wildman–Crippen MR) is 53.8 cm³/mol. The van der Waals surface area contributed by atoms with Crippen LogP contribution in [0, 0.1) is 17.3 Å². The van der Waals surface area contributed by atoms with E-state index in [4.69, 9.17) is 5.73 Å². The molecular formula is C11H19NO2. The molecule has 2 saturated carbocycles. The zero-order valence-electron chi connectivity index (χ0n) is 8.54. The first kappa shape index (κ1) is 9.97. The number of carbonyl (C=O) groups is 1. The van der Waals surface area contributed by atoms with Crippen molar-refractivity contribution >= 4 is 5.97 Å². The Kier molecular flexibility index (Phi) is 2.52. The van der Waals surface area contributed by atoms with Crippen LogP contribution in [0.25, 0.3) is 0 Å². The van der Waals surface area contributed by atoms with Crippen LogP contribution in [0.5, 0.6) is 0 Å². The largest absolute Gasteiger partial charge is 0.481 e. The van der Waals surface area contributed by atoms with Crippen LogP contribution in [0.2, 0.25) is 0 Å². The summed E-state index contributed by atoms with van der Waals surface area (Å²) < 4.78 is 0. The summed E-state index contributed by atoms with van der Waals surface area (Å²) in [6.07, 6.45) is 6.46. The third-order valence-electron chi connectivity index (χ3n) is 3.60. The highest BCUT2D eigenvalue weighted by Gasteiger charge is 2.45. The highest BCUT2D eigenvalue weighted by atomic mass is 16.4. The second kappa shape index (κ2) is 3.54. The molecule has 3 N–H and O–H groups in total. The van der Waals surface area contributed by atoms with Crippen molar-refractivity contribution < 1.29 is 9.90 Å². The lowest BCUT2D eigenvalue weighted by Crippen LogP contribution is -2.39. The first-order valence-corrected chi connectivity index (χ1v) is 5.60. The summed E-state index contributed by atoms with van der Waals surface area (Å²) in [5, 5.41) is 9.30. The number of carboxylic acids is 1. The molecule has 0 aliphatic heterocycles. The van der Waals surface area contributed by atoms with Crippen LogP contribution >= 0.6 is 0 Å². The van der Waals surface area contributed by atoms with Crippen molar-refractivity contribution in [1.29, 1.82) is 0 Å². The zero-order valence-corrected chi connectivity index (χ0v) is 8.54. The number of carboxylic acid groups (broad SMARTS) is 1. The number of hydrogen-bond acceptors (Lipinski definition) is 2. The molecule has 3 heteroatoms. The summed E-state index contributed by atoms with van der Waals surface area (Å²) in [6.45, 7) is 0.315. The van der Waals surface area contributed by atoms with E-state index in [0.29, 0.717) is 18.4 Å². The molecule has 0 spiro atoms. The van der Waals surface area contributed by atoms with Crippen LogP contribution in [0.1, 0.15) is 38.5 Å². The molecule has 80 valence electrons. The predicted octanol–water partition coefficient (Wildman–Crippen LogP) is 1.62. The standard InChI is InChI=1S/C11H19NO2/c12-7-11(10(13)14,5-8-1-2-8)6-9-3-4-9/h8-9H,1-7,12H2,(H,13,14). The lowest BCUT2D eigenvalue weighted by atomic mass is 9.78. The summed E-state index contributed by atoms with van der Waals surface area (Å²) >= 11 is 0. The Morgan fingerprint density at radius 1 is 1.21 bits per heavy atom. The molecule has 0 atom stereocenters. The topological polar surface area (TPSA) is 63.3 Å². The maximum absolute atomic E-state index is 11.3. The van der Waals surface area contributed by atoms with E-state index in [1.807, 2.05) is 0 Å². The first-order valence-electron chi connectivity index (χ1n) is 5.60. The molecule has 0 aromatic carbocycles. The van der Waals surface area contributed by atoms with Crippen molar-refractivity contribution in [1.82, 2.24) is 0 Å². The Bertz CT molecular complexity index is 217. The van der Waals surface area contributed by atoms with Gasteiger partial charge in [-0.1, -0.05) is 25.7 Å². The van der Waals surface area contributed by atoms with Gasteiger partial charge in [0.05, 0.1) is 5.41 Å². The smallest absolute Gasteiger partial charge is 0.310 e. The molecule has 3 nitrogen and oxygen atoms in total. The lowest BCUT2D eigenvalue weighted by molar-refractivity contribution is -0.149. The van der Waals surface area contributed by atoms with Crippen LogP contribution in [0.3, 0.4) is 0 Å². The Labute approximate surface area is 84.7 Å². The highest BCUT2D eigenvalue weighted by Crippen LogP contribution is 2.47. The summed E-state index contributed by atoms with van der Waals surface area (Å²) in [5.74, 6) is 0.626. The maximum atomic E-state index is 11.3. The van der Waals surface area contributed by atoms with Gasteiger partial charge in [-0.05, 0) is 24.7 Å². The normalized spacial score (nSPS) is 22.4. The molecule has 0 radical (unpaired) electrons. The fourth-order valence-electron chi connectivity index (χ4n) is 2.26. The van der Waals surface area contributed by atoms with E-state index < -0.39 is 11.4 Å². The van der Waals surface area contributed by atoms with Gasteiger partial charge in [-0.2, -0.15) is 0 Å². The monoisotopic (exact) mass is 197 g/mol. The van der Waals surface area contributed by atoms with E-state index in [2.05, 4.69) is 0 Å². The molecule has 0 unspecified atom stereocenters. The van der Waals surface area contributed by atoms with Crippen molar-refractivity contribution in [3.05, 3.63) is 0 Å². The third-order valence-corrected chi connectivity index (χ3v) is 3.60. The quantitative estimate of drug-likeness (QED) is 0.680. The minimum Gasteiger partial charge on any atom is -0.481 e. The van der Waals surface area contributed by atoms with Crippen LogP contribution in [-0.4, -0.2) is 17.6 Å². The fourth-order valence-corrected chi connectivity index (χ4v) is 2.26. The molecule has 14 heavy (non-hydrogen) atoms. The second-order valence-corrected chi connectivity index (χ2v) is 5.08. The van der Waals surface area contributed by atoms with Crippen LogP contribution in [0.15, 0.2) is 0 Å².